The maximum absolute atomic E-state index is 10.7. The number of carboxylic acids is 1. The van der Waals surface area contributed by atoms with Crippen molar-refractivity contribution in [1.82, 2.24) is 4.90 Å². The van der Waals surface area contributed by atoms with E-state index in [1.165, 1.54) is 0 Å². The van der Waals surface area contributed by atoms with Crippen molar-refractivity contribution < 1.29 is 9.90 Å². The van der Waals surface area contributed by atoms with Crippen LogP contribution in [0.4, 0.5) is 0 Å². The third-order valence-electron chi connectivity index (χ3n) is 3.28. The van der Waals surface area contributed by atoms with Gasteiger partial charge in [-0.3, -0.25) is 4.79 Å². The van der Waals surface area contributed by atoms with Crippen molar-refractivity contribution in [2.75, 3.05) is 20.1 Å². The molecule has 0 radical (unpaired) electrons. The quantitative estimate of drug-likeness (QED) is 0.627. The highest BCUT2D eigenvalue weighted by Gasteiger charge is 2.42. The second-order valence-corrected chi connectivity index (χ2v) is 4.25. The number of carbonyl (C=O) groups is 1. The molecule has 2 aliphatic rings. The zero-order chi connectivity index (χ0) is 8.72. The van der Waals surface area contributed by atoms with Gasteiger partial charge in [-0.1, -0.05) is 0 Å². The lowest BCUT2D eigenvalue weighted by Gasteiger charge is -2.10. The average molecular weight is 169 g/mol. The Morgan fingerprint density at radius 2 is 1.83 bits per heavy atom. The van der Waals surface area contributed by atoms with E-state index >= 15 is 0 Å². The van der Waals surface area contributed by atoms with Gasteiger partial charge in [0.25, 0.3) is 0 Å². The van der Waals surface area contributed by atoms with Gasteiger partial charge < -0.3 is 10.0 Å². The SMILES string of the molecule is CN1C[C@H]2CC(C(=O)O)C[C@@H]2C1. The van der Waals surface area contributed by atoms with Gasteiger partial charge >= 0.3 is 5.97 Å². The first-order chi connectivity index (χ1) is 5.66. The van der Waals surface area contributed by atoms with E-state index < -0.39 is 5.97 Å². The van der Waals surface area contributed by atoms with Crippen LogP contribution in [0.1, 0.15) is 12.8 Å². The van der Waals surface area contributed by atoms with Crippen LogP contribution in [0.15, 0.2) is 0 Å². The average Bonchev–Trinajstić information content (AvgIpc) is 2.42. The van der Waals surface area contributed by atoms with E-state index in [1.54, 1.807) is 0 Å². The van der Waals surface area contributed by atoms with Crippen molar-refractivity contribution in [3.63, 3.8) is 0 Å². The third kappa shape index (κ3) is 1.22. The lowest BCUT2D eigenvalue weighted by molar-refractivity contribution is -0.141. The molecular weight excluding hydrogens is 154 g/mol. The van der Waals surface area contributed by atoms with Crippen molar-refractivity contribution in [2.24, 2.45) is 17.8 Å². The van der Waals surface area contributed by atoms with Crippen LogP contribution in [-0.2, 0) is 4.79 Å². The minimum Gasteiger partial charge on any atom is -0.481 e. The van der Waals surface area contributed by atoms with Crippen LogP contribution in [0.3, 0.4) is 0 Å². The highest BCUT2D eigenvalue weighted by Crippen LogP contribution is 2.40. The van der Waals surface area contributed by atoms with Crippen molar-refractivity contribution in [2.45, 2.75) is 12.8 Å². The van der Waals surface area contributed by atoms with Crippen LogP contribution in [0, 0.1) is 17.8 Å². The van der Waals surface area contributed by atoms with Gasteiger partial charge in [0.1, 0.15) is 0 Å². The Morgan fingerprint density at radius 1 is 1.33 bits per heavy atom. The Morgan fingerprint density at radius 3 is 2.25 bits per heavy atom. The van der Waals surface area contributed by atoms with E-state index in [1.807, 2.05) is 0 Å². The molecule has 1 heterocycles. The molecule has 1 aliphatic carbocycles. The van der Waals surface area contributed by atoms with Crippen LogP contribution in [0.5, 0.6) is 0 Å². The number of likely N-dealkylation sites (tertiary alicyclic amines) is 1. The molecule has 1 saturated heterocycles. The van der Waals surface area contributed by atoms with E-state index in [9.17, 15) is 4.79 Å². The lowest BCUT2D eigenvalue weighted by Crippen LogP contribution is -2.19. The Labute approximate surface area is 72.4 Å². The predicted octanol–water partition coefficient (Wildman–Crippen LogP) is 0.659. The summed E-state index contributed by atoms with van der Waals surface area (Å²) in [4.78, 5) is 13.0. The summed E-state index contributed by atoms with van der Waals surface area (Å²) in [5.74, 6) is 0.688. The van der Waals surface area contributed by atoms with Gasteiger partial charge in [-0.25, -0.2) is 0 Å². The number of rotatable bonds is 1. The van der Waals surface area contributed by atoms with Gasteiger partial charge in [-0.15, -0.1) is 0 Å². The summed E-state index contributed by atoms with van der Waals surface area (Å²) in [5.41, 5.74) is 0. The first-order valence-corrected chi connectivity index (χ1v) is 4.58. The van der Waals surface area contributed by atoms with Gasteiger partial charge in [-0.05, 0) is 31.7 Å². The van der Waals surface area contributed by atoms with Crippen LogP contribution in [-0.4, -0.2) is 36.1 Å². The molecule has 2 rings (SSSR count). The van der Waals surface area contributed by atoms with Gasteiger partial charge in [0, 0.05) is 13.1 Å². The molecule has 1 aliphatic heterocycles. The highest BCUT2D eigenvalue weighted by molar-refractivity contribution is 5.70. The maximum Gasteiger partial charge on any atom is 0.306 e. The van der Waals surface area contributed by atoms with E-state index in [2.05, 4.69) is 11.9 Å². The summed E-state index contributed by atoms with van der Waals surface area (Å²) in [6, 6.07) is 0. The first-order valence-electron chi connectivity index (χ1n) is 4.58. The summed E-state index contributed by atoms with van der Waals surface area (Å²) in [6.07, 6.45) is 1.81. The topological polar surface area (TPSA) is 40.5 Å². The number of hydrogen-bond acceptors (Lipinski definition) is 2. The van der Waals surface area contributed by atoms with Crippen LogP contribution >= 0.6 is 0 Å². The zero-order valence-corrected chi connectivity index (χ0v) is 7.36. The molecule has 2 atom stereocenters. The summed E-state index contributed by atoms with van der Waals surface area (Å²) in [6.45, 7) is 2.21. The van der Waals surface area contributed by atoms with E-state index in [0.717, 1.165) is 25.9 Å². The molecule has 1 N–H and O–H groups in total. The molecule has 0 spiro atoms. The number of aliphatic carboxylic acids is 1. The standard InChI is InChI=1S/C9H15NO2/c1-10-4-7-2-6(9(11)12)3-8(7)5-10/h6-8H,2-5H2,1H3,(H,11,12)/t7-,8-/m1/s1. The molecule has 12 heavy (non-hydrogen) atoms. The molecule has 3 heteroatoms. The second-order valence-electron chi connectivity index (χ2n) is 4.25. The largest absolute Gasteiger partial charge is 0.481 e. The Hall–Kier alpha value is -0.570. The molecule has 1 saturated carbocycles. The van der Waals surface area contributed by atoms with Crippen molar-refractivity contribution in [3.05, 3.63) is 0 Å². The minimum atomic E-state index is -0.591. The Kier molecular flexibility index (Phi) is 1.83. The predicted molar refractivity (Wildman–Crippen MR) is 44.8 cm³/mol. The van der Waals surface area contributed by atoms with E-state index in [0.29, 0.717) is 11.8 Å². The van der Waals surface area contributed by atoms with Gasteiger partial charge in [0.15, 0.2) is 0 Å². The smallest absolute Gasteiger partial charge is 0.306 e. The van der Waals surface area contributed by atoms with Gasteiger partial charge in [0.05, 0.1) is 5.92 Å². The van der Waals surface area contributed by atoms with Gasteiger partial charge in [0.2, 0.25) is 0 Å². The lowest BCUT2D eigenvalue weighted by atomic mass is 10.0. The van der Waals surface area contributed by atoms with Crippen molar-refractivity contribution in [3.8, 4) is 0 Å². The van der Waals surface area contributed by atoms with Crippen LogP contribution in [0.2, 0.25) is 0 Å². The van der Waals surface area contributed by atoms with Crippen molar-refractivity contribution >= 4 is 5.97 Å². The Bertz CT molecular complexity index is 191. The molecule has 0 aromatic heterocycles. The molecule has 0 amide bonds. The summed E-state index contributed by atoms with van der Waals surface area (Å²) < 4.78 is 0. The van der Waals surface area contributed by atoms with E-state index in [-0.39, 0.29) is 5.92 Å². The molecule has 0 aromatic rings. The number of fused-ring (bicyclic) bond motifs is 1. The third-order valence-corrected chi connectivity index (χ3v) is 3.28. The Balaban J connectivity index is 1.98. The summed E-state index contributed by atoms with van der Waals surface area (Å²) >= 11 is 0. The molecule has 0 unspecified atom stereocenters. The summed E-state index contributed by atoms with van der Waals surface area (Å²) in [7, 11) is 2.12. The molecule has 3 nitrogen and oxygen atoms in total. The number of hydrogen-bond donors (Lipinski definition) is 1. The fourth-order valence-electron chi connectivity index (χ4n) is 2.74. The molecule has 0 aromatic carbocycles. The monoisotopic (exact) mass is 169 g/mol. The molecule has 2 fully saturated rings. The van der Waals surface area contributed by atoms with E-state index in [4.69, 9.17) is 5.11 Å². The second kappa shape index (κ2) is 2.73. The molecule has 0 bridgehead atoms. The zero-order valence-electron chi connectivity index (χ0n) is 7.36. The highest BCUT2D eigenvalue weighted by atomic mass is 16.4. The van der Waals surface area contributed by atoms with Crippen LogP contribution in [0.25, 0.3) is 0 Å². The fourth-order valence-corrected chi connectivity index (χ4v) is 2.74. The van der Waals surface area contributed by atoms with Gasteiger partial charge in [-0.2, -0.15) is 0 Å². The van der Waals surface area contributed by atoms with Crippen LogP contribution < -0.4 is 0 Å². The first kappa shape index (κ1) is 8.05. The van der Waals surface area contributed by atoms with Crippen molar-refractivity contribution in [1.29, 1.82) is 0 Å². The maximum atomic E-state index is 10.7. The molecular formula is C9H15NO2. The fraction of sp³-hybridized carbons (Fsp3) is 0.889. The summed E-state index contributed by atoms with van der Waals surface area (Å²) in [5, 5.41) is 8.82. The number of nitrogens with zero attached hydrogens (tertiary/aromatic N) is 1. The minimum absolute atomic E-state index is 0.0475. The number of carboxylic acid groups (broad SMARTS) is 1. The normalized spacial score (nSPS) is 37.1. The molecule has 68 valence electrons.